The molecule has 2 aliphatic heterocycles. The monoisotopic (exact) mass is 258 g/mol. The zero-order chi connectivity index (χ0) is 11.5. The molecule has 0 saturated carbocycles. The van der Waals surface area contributed by atoms with Gasteiger partial charge in [0.2, 0.25) is 0 Å². The van der Waals surface area contributed by atoms with E-state index in [1.165, 1.54) is 0 Å². The number of allylic oxidation sites excluding steroid dienone is 1. The second kappa shape index (κ2) is 5.50. The number of Topliss-reactive ketones (excluding diaryl/α,β-unsaturated/α-hetero) is 1. The van der Waals surface area contributed by atoms with E-state index < -0.39 is 0 Å². The standard InChI is InChI=1S/C12H18O2S2/c1-8-9(2)16-11(7-15-8)12(13)10-4-3-5-14-6-10/h6,8-9,11H,3-5,7H2,1-2H3. The van der Waals surface area contributed by atoms with Gasteiger partial charge < -0.3 is 4.74 Å². The van der Waals surface area contributed by atoms with E-state index in [2.05, 4.69) is 13.8 Å². The van der Waals surface area contributed by atoms with E-state index in [4.69, 9.17) is 4.74 Å². The zero-order valence-corrected chi connectivity index (χ0v) is 11.4. The van der Waals surface area contributed by atoms with E-state index in [9.17, 15) is 4.79 Å². The molecule has 0 bridgehead atoms. The van der Waals surface area contributed by atoms with Gasteiger partial charge in [-0.15, -0.1) is 11.8 Å². The van der Waals surface area contributed by atoms with Crippen LogP contribution < -0.4 is 0 Å². The maximum atomic E-state index is 12.2. The van der Waals surface area contributed by atoms with Gasteiger partial charge in [0.25, 0.3) is 0 Å². The Balaban J connectivity index is 1.97. The van der Waals surface area contributed by atoms with Gasteiger partial charge in [-0.2, -0.15) is 11.8 Å². The van der Waals surface area contributed by atoms with E-state index >= 15 is 0 Å². The Morgan fingerprint density at radius 1 is 1.44 bits per heavy atom. The quantitative estimate of drug-likeness (QED) is 0.761. The molecule has 0 aromatic heterocycles. The fourth-order valence-electron chi connectivity index (χ4n) is 1.87. The molecule has 0 aromatic rings. The summed E-state index contributed by atoms with van der Waals surface area (Å²) in [6, 6.07) is 0. The van der Waals surface area contributed by atoms with Crippen molar-refractivity contribution in [2.24, 2.45) is 0 Å². The summed E-state index contributed by atoms with van der Waals surface area (Å²) in [6.07, 6.45) is 3.55. The van der Waals surface area contributed by atoms with Gasteiger partial charge >= 0.3 is 0 Å². The second-order valence-corrected chi connectivity index (χ2v) is 7.34. The minimum atomic E-state index is 0.143. The molecule has 0 N–H and O–H groups in total. The van der Waals surface area contributed by atoms with Crippen molar-refractivity contribution in [3.8, 4) is 0 Å². The Bertz CT molecular complexity index is 301. The van der Waals surface area contributed by atoms with Gasteiger partial charge in [0, 0.05) is 21.8 Å². The lowest BCUT2D eigenvalue weighted by molar-refractivity contribution is -0.115. The molecule has 0 aromatic carbocycles. The van der Waals surface area contributed by atoms with Gasteiger partial charge in [0.05, 0.1) is 18.1 Å². The molecule has 2 rings (SSSR count). The van der Waals surface area contributed by atoms with Crippen molar-refractivity contribution in [1.29, 1.82) is 0 Å². The summed E-state index contributed by atoms with van der Waals surface area (Å²) in [4.78, 5) is 12.2. The molecule has 16 heavy (non-hydrogen) atoms. The van der Waals surface area contributed by atoms with Gasteiger partial charge in [-0.3, -0.25) is 4.79 Å². The molecule has 2 aliphatic rings. The summed E-state index contributed by atoms with van der Waals surface area (Å²) in [5, 5.41) is 1.37. The van der Waals surface area contributed by atoms with Gasteiger partial charge in [-0.25, -0.2) is 0 Å². The second-order valence-electron chi connectivity index (χ2n) is 4.35. The first-order valence-electron chi connectivity index (χ1n) is 5.80. The molecule has 3 atom stereocenters. The van der Waals surface area contributed by atoms with Crippen LogP contribution in [0.15, 0.2) is 11.8 Å². The largest absolute Gasteiger partial charge is 0.501 e. The first-order chi connectivity index (χ1) is 7.68. The van der Waals surface area contributed by atoms with E-state index in [0.717, 1.165) is 30.8 Å². The topological polar surface area (TPSA) is 26.3 Å². The fraction of sp³-hybridized carbons (Fsp3) is 0.750. The van der Waals surface area contributed by atoms with Crippen LogP contribution >= 0.6 is 23.5 Å². The van der Waals surface area contributed by atoms with E-state index in [1.807, 2.05) is 23.5 Å². The molecule has 4 heteroatoms. The van der Waals surface area contributed by atoms with Gasteiger partial charge in [0.1, 0.15) is 0 Å². The van der Waals surface area contributed by atoms with Crippen molar-refractivity contribution in [3.05, 3.63) is 11.8 Å². The summed E-state index contributed by atoms with van der Waals surface area (Å²) in [6.45, 7) is 5.22. The highest BCUT2D eigenvalue weighted by atomic mass is 32.2. The molecule has 1 saturated heterocycles. The molecule has 0 spiro atoms. The van der Waals surface area contributed by atoms with Crippen LogP contribution in [0.4, 0.5) is 0 Å². The summed E-state index contributed by atoms with van der Waals surface area (Å²) < 4.78 is 5.24. The maximum absolute atomic E-state index is 12.2. The summed E-state index contributed by atoms with van der Waals surface area (Å²) >= 11 is 3.75. The predicted octanol–water partition coefficient (Wildman–Crippen LogP) is 2.88. The average molecular weight is 258 g/mol. The molecule has 1 fully saturated rings. The van der Waals surface area contributed by atoms with Crippen molar-refractivity contribution in [1.82, 2.24) is 0 Å². The molecule has 2 heterocycles. The SMILES string of the molecule is CC1SCC(C(=O)C2=COCCC2)SC1C. The highest BCUT2D eigenvalue weighted by Gasteiger charge is 2.32. The Kier molecular flexibility index (Phi) is 4.25. The number of carbonyl (C=O) groups is 1. The molecular formula is C12H18O2S2. The van der Waals surface area contributed by atoms with Crippen LogP contribution in [0, 0.1) is 0 Å². The predicted molar refractivity (Wildman–Crippen MR) is 71.0 cm³/mol. The van der Waals surface area contributed by atoms with E-state index in [0.29, 0.717) is 16.3 Å². The molecular weight excluding hydrogens is 240 g/mol. The van der Waals surface area contributed by atoms with Gasteiger partial charge in [0.15, 0.2) is 5.78 Å². The molecule has 3 unspecified atom stereocenters. The summed E-state index contributed by atoms with van der Waals surface area (Å²) in [7, 11) is 0. The third-order valence-electron chi connectivity index (χ3n) is 3.09. The van der Waals surface area contributed by atoms with Crippen LogP contribution in [-0.4, -0.2) is 33.9 Å². The molecule has 0 radical (unpaired) electrons. The number of carbonyl (C=O) groups excluding carboxylic acids is 1. The maximum Gasteiger partial charge on any atom is 0.175 e. The fourth-order valence-corrected chi connectivity index (χ4v) is 4.77. The summed E-state index contributed by atoms with van der Waals surface area (Å²) in [5.74, 6) is 1.25. The number of hydrogen-bond acceptors (Lipinski definition) is 4. The molecule has 2 nitrogen and oxygen atoms in total. The lowest BCUT2D eigenvalue weighted by Crippen LogP contribution is -2.32. The van der Waals surface area contributed by atoms with Crippen LogP contribution in [-0.2, 0) is 9.53 Å². The van der Waals surface area contributed by atoms with Gasteiger partial charge in [-0.05, 0) is 12.8 Å². The zero-order valence-electron chi connectivity index (χ0n) is 9.77. The number of hydrogen-bond donors (Lipinski definition) is 0. The minimum absolute atomic E-state index is 0.143. The lowest BCUT2D eigenvalue weighted by atomic mass is 10.0. The number of ketones is 1. The first-order valence-corrected chi connectivity index (χ1v) is 7.79. The Labute approximate surface area is 106 Å². The Morgan fingerprint density at radius 2 is 2.25 bits per heavy atom. The highest BCUT2D eigenvalue weighted by Crippen LogP contribution is 2.37. The van der Waals surface area contributed by atoms with Crippen LogP contribution in [0.3, 0.4) is 0 Å². The van der Waals surface area contributed by atoms with Crippen molar-refractivity contribution in [2.75, 3.05) is 12.4 Å². The van der Waals surface area contributed by atoms with Crippen molar-refractivity contribution in [2.45, 2.75) is 42.4 Å². The number of thioether (sulfide) groups is 2. The third kappa shape index (κ3) is 2.77. The smallest absolute Gasteiger partial charge is 0.175 e. The average Bonchev–Trinajstić information content (AvgIpc) is 2.33. The van der Waals surface area contributed by atoms with Crippen LogP contribution in [0.2, 0.25) is 0 Å². The van der Waals surface area contributed by atoms with Crippen LogP contribution in [0.25, 0.3) is 0 Å². The molecule has 90 valence electrons. The first kappa shape index (κ1) is 12.4. The van der Waals surface area contributed by atoms with Crippen molar-refractivity contribution < 1.29 is 9.53 Å². The molecule has 0 aliphatic carbocycles. The van der Waals surface area contributed by atoms with E-state index in [1.54, 1.807) is 6.26 Å². The van der Waals surface area contributed by atoms with E-state index in [-0.39, 0.29) is 5.25 Å². The van der Waals surface area contributed by atoms with Crippen molar-refractivity contribution >= 4 is 29.3 Å². The number of ether oxygens (including phenoxy) is 1. The minimum Gasteiger partial charge on any atom is -0.501 e. The lowest BCUT2D eigenvalue weighted by Gasteiger charge is -2.31. The highest BCUT2D eigenvalue weighted by molar-refractivity contribution is 8.08. The van der Waals surface area contributed by atoms with Crippen molar-refractivity contribution in [3.63, 3.8) is 0 Å². The third-order valence-corrected chi connectivity index (χ3v) is 6.48. The normalized spacial score (nSPS) is 35.1. The van der Waals surface area contributed by atoms with Gasteiger partial charge in [-0.1, -0.05) is 13.8 Å². The van der Waals surface area contributed by atoms with Crippen LogP contribution in [0.1, 0.15) is 26.7 Å². The Hall–Kier alpha value is -0.0900. The summed E-state index contributed by atoms with van der Waals surface area (Å²) in [5.41, 5.74) is 0.895. The molecule has 0 amide bonds. The Morgan fingerprint density at radius 3 is 2.88 bits per heavy atom. The number of rotatable bonds is 2. The van der Waals surface area contributed by atoms with Crippen LogP contribution in [0.5, 0.6) is 0 Å².